The van der Waals surface area contributed by atoms with Crippen molar-refractivity contribution in [3.63, 3.8) is 0 Å². The molecule has 0 atom stereocenters. The molecule has 0 aliphatic carbocycles. The molecule has 92 valence electrons. The zero-order chi connectivity index (χ0) is 12.8. The van der Waals surface area contributed by atoms with Crippen LogP contribution in [0.1, 0.15) is 17.3 Å². The maximum Gasteiger partial charge on any atom is 0.404 e. The number of hydrogen-bond acceptors (Lipinski definition) is 3. The number of benzene rings is 1. The summed E-state index contributed by atoms with van der Waals surface area (Å²) in [6, 6.07) is 5.09. The van der Waals surface area contributed by atoms with E-state index in [2.05, 4.69) is 21.2 Å². The molecule has 0 heterocycles. The molecule has 1 aromatic rings. The fraction of sp³-hybridized carbons (Fsp3) is 0.273. The molecule has 6 heteroatoms. The largest absolute Gasteiger partial charge is 0.491 e. The molecule has 0 aliphatic heterocycles. The highest BCUT2D eigenvalue weighted by atomic mass is 79.9. The quantitative estimate of drug-likeness (QED) is 0.646. The lowest BCUT2D eigenvalue weighted by Gasteiger charge is -2.10. The second kappa shape index (κ2) is 6.24. The maximum absolute atomic E-state index is 11.3. The lowest BCUT2D eigenvalue weighted by atomic mass is 10.1. The summed E-state index contributed by atoms with van der Waals surface area (Å²) in [5.41, 5.74) is 0.467. The van der Waals surface area contributed by atoms with Crippen LogP contribution < -0.4 is 10.1 Å². The predicted molar refractivity (Wildman–Crippen MR) is 65.7 cm³/mol. The number of halogens is 1. The van der Waals surface area contributed by atoms with Crippen molar-refractivity contribution in [3.05, 3.63) is 28.2 Å². The average molecular weight is 302 g/mol. The number of rotatable bonds is 5. The fourth-order valence-electron chi connectivity index (χ4n) is 1.22. The van der Waals surface area contributed by atoms with Crippen molar-refractivity contribution < 1.29 is 19.4 Å². The van der Waals surface area contributed by atoms with E-state index in [0.29, 0.717) is 11.3 Å². The second-order valence-corrected chi connectivity index (χ2v) is 4.19. The number of carbonyl (C=O) groups is 2. The van der Waals surface area contributed by atoms with Gasteiger partial charge in [0.1, 0.15) is 12.4 Å². The molecule has 17 heavy (non-hydrogen) atoms. The number of carbonyl (C=O) groups excluding carboxylic acids is 1. The Morgan fingerprint density at radius 3 is 2.76 bits per heavy atom. The normalized spacial score (nSPS) is 9.76. The summed E-state index contributed by atoms with van der Waals surface area (Å²) in [6.07, 6.45) is -1.10. The van der Waals surface area contributed by atoms with E-state index in [9.17, 15) is 9.59 Å². The van der Waals surface area contributed by atoms with Gasteiger partial charge in [0.05, 0.1) is 12.1 Å². The molecule has 1 aromatic carbocycles. The van der Waals surface area contributed by atoms with Crippen LogP contribution in [-0.2, 0) is 0 Å². The number of amides is 1. The van der Waals surface area contributed by atoms with E-state index in [1.54, 1.807) is 18.2 Å². The summed E-state index contributed by atoms with van der Waals surface area (Å²) in [4.78, 5) is 21.6. The Hall–Kier alpha value is -1.56. The van der Waals surface area contributed by atoms with E-state index < -0.39 is 6.09 Å². The summed E-state index contributed by atoms with van der Waals surface area (Å²) in [5.74, 6) is 0.348. The maximum atomic E-state index is 11.3. The van der Waals surface area contributed by atoms with E-state index in [1.165, 1.54) is 6.92 Å². The molecule has 0 fully saturated rings. The highest BCUT2D eigenvalue weighted by Gasteiger charge is 2.09. The molecule has 2 N–H and O–H groups in total. The summed E-state index contributed by atoms with van der Waals surface area (Å²) in [6.45, 7) is 1.79. The van der Waals surface area contributed by atoms with Gasteiger partial charge in [0, 0.05) is 4.47 Å². The van der Waals surface area contributed by atoms with Crippen LogP contribution in [0.3, 0.4) is 0 Å². The minimum Gasteiger partial charge on any atom is -0.491 e. The van der Waals surface area contributed by atoms with Crippen molar-refractivity contribution in [1.29, 1.82) is 0 Å². The van der Waals surface area contributed by atoms with E-state index in [4.69, 9.17) is 9.84 Å². The van der Waals surface area contributed by atoms with Gasteiger partial charge < -0.3 is 15.2 Å². The molecule has 0 aromatic heterocycles. The molecule has 0 aliphatic rings. The van der Waals surface area contributed by atoms with Crippen LogP contribution in [0.25, 0.3) is 0 Å². The smallest absolute Gasteiger partial charge is 0.404 e. The Bertz CT molecular complexity index is 433. The third kappa shape index (κ3) is 4.44. The molecule has 0 radical (unpaired) electrons. The van der Waals surface area contributed by atoms with Crippen LogP contribution in [0.15, 0.2) is 22.7 Å². The molecule has 1 rings (SSSR count). The van der Waals surface area contributed by atoms with Crippen LogP contribution in [0, 0.1) is 0 Å². The van der Waals surface area contributed by atoms with Crippen molar-refractivity contribution in [2.45, 2.75) is 6.92 Å². The zero-order valence-electron chi connectivity index (χ0n) is 9.20. The van der Waals surface area contributed by atoms with E-state index in [0.717, 1.165) is 4.47 Å². The third-order valence-electron chi connectivity index (χ3n) is 1.96. The summed E-state index contributed by atoms with van der Waals surface area (Å²) >= 11 is 3.27. The number of ether oxygens (including phenoxy) is 1. The van der Waals surface area contributed by atoms with Crippen molar-refractivity contribution >= 4 is 27.8 Å². The average Bonchev–Trinajstić information content (AvgIpc) is 2.25. The molecule has 0 spiro atoms. The zero-order valence-corrected chi connectivity index (χ0v) is 10.8. The first-order valence-corrected chi connectivity index (χ1v) is 5.70. The van der Waals surface area contributed by atoms with Gasteiger partial charge in [-0.15, -0.1) is 0 Å². The van der Waals surface area contributed by atoms with E-state index >= 15 is 0 Å². The third-order valence-corrected chi connectivity index (χ3v) is 2.45. The monoisotopic (exact) mass is 301 g/mol. The van der Waals surface area contributed by atoms with Crippen LogP contribution in [0.5, 0.6) is 5.75 Å². The van der Waals surface area contributed by atoms with Gasteiger partial charge in [-0.3, -0.25) is 4.79 Å². The van der Waals surface area contributed by atoms with Gasteiger partial charge in [-0.2, -0.15) is 0 Å². The van der Waals surface area contributed by atoms with Crippen LogP contribution in [-0.4, -0.2) is 30.1 Å². The Morgan fingerprint density at radius 2 is 2.18 bits per heavy atom. The topological polar surface area (TPSA) is 75.6 Å². The molecule has 1 amide bonds. The minimum absolute atomic E-state index is 0.104. The first kappa shape index (κ1) is 13.5. The lowest BCUT2D eigenvalue weighted by molar-refractivity contribution is 0.101. The van der Waals surface area contributed by atoms with Crippen LogP contribution in [0.4, 0.5) is 4.79 Å². The van der Waals surface area contributed by atoms with Crippen LogP contribution in [0.2, 0.25) is 0 Å². The predicted octanol–water partition coefficient (Wildman–Crippen LogP) is 2.30. The number of ketones is 1. The summed E-state index contributed by atoms with van der Waals surface area (Å²) in [7, 11) is 0. The summed E-state index contributed by atoms with van der Waals surface area (Å²) in [5, 5.41) is 10.5. The number of carboxylic acid groups (broad SMARTS) is 1. The number of nitrogens with one attached hydrogen (secondary N) is 1. The van der Waals surface area contributed by atoms with Crippen molar-refractivity contribution in [3.8, 4) is 5.75 Å². The first-order chi connectivity index (χ1) is 8.00. The van der Waals surface area contributed by atoms with Crippen molar-refractivity contribution in [2.75, 3.05) is 13.2 Å². The van der Waals surface area contributed by atoms with Gasteiger partial charge >= 0.3 is 6.09 Å². The molecule has 0 unspecified atom stereocenters. The van der Waals surface area contributed by atoms with Crippen molar-refractivity contribution in [1.82, 2.24) is 5.32 Å². The van der Waals surface area contributed by atoms with E-state index in [1.807, 2.05) is 0 Å². The Balaban J connectivity index is 2.64. The number of Topliss-reactive ketones (excluding diaryl/α,β-unsaturated/α-hetero) is 1. The highest BCUT2D eigenvalue weighted by Crippen LogP contribution is 2.23. The molecule has 0 bridgehead atoms. The standard InChI is InChI=1S/C11H12BrNO4/c1-7(14)9-6-8(12)2-3-10(9)17-5-4-13-11(15)16/h2-3,6,13H,4-5H2,1H3,(H,15,16). The molecular formula is C11H12BrNO4. The van der Waals surface area contributed by atoms with Gasteiger partial charge in [0.2, 0.25) is 0 Å². The van der Waals surface area contributed by atoms with Crippen LogP contribution >= 0.6 is 15.9 Å². The van der Waals surface area contributed by atoms with Gasteiger partial charge in [-0.25, -0.2) is 4.79 Å². The SMILES string of the molecule is CC(=O)c1cc(Br)ccc1OCCNC(=O)O. The van der Waals surface area contributed by atoms with E-state index in [-0.39, 0.29) is 18.9 Å². The second-order valence-electron chi connectivity index (χ2n) is 3.28. The van der Waals surface area contributed by atoms with Gasteiger partial charge in [0.15, 0.2) is 5.78 Å². The van der Waals surface area contributed by atoms with Gasteiger partial charge in [-0.05, 0) is 25.1 Å². The number of hydrogen-bond donors (Lipinski definition) is 2. The molecule has 0 saturated heterocycles. The molecule has 0 saturated carbocycles. The Labute approximate surface area is 107 Å². The molecular weight excluding hydrogens is 290 g/mol. The van der Waals surface area contributed by atoms with Crippen molar-refractivity contribution in [2.24, 2.45) is 0 Å². The summed E-state index contributed by atoms with van der Waals surface area (Å²) < 4.78 is 6.13. The van der Waals surface area contributed by atoms with Gasteiger partial charge in [0.25, 0.3) is 0 Å². The minimum atomic E-state index is -1.10. The first-order valence-electron chi connectivity index (χ1n) is 4.91. The van der Waals surface area contributed by atoms with Gasteiger partial charge in [-0.1, -0.05) is 15.9 Å². The fourth-order valence-corrected chi connectivity index (χ4v) is 1.58. The lowest BCUT2D eigenvalue weighted by Crippen LogP contribution is -2.26. The Morgan fingerprint density at radius 1 is 1.47 bits per heavy atom. The highest BCUT2D eigenvalue weighted by molar-refractivity contribution is 9.10. The Kier molecular flexibility index (Phi) is 4.96. The molecule has 5 nitrogen and oxygen atoms in total.